The highest BCUT2D eigenvalue weighted by molar-refractivity contribution is 6.31. The Hall–Kier alpha value is -2.64. The lowest BCUT2D eigenvalue weighted by atomic mass is 10.1. The summed E-state index contributed by atoms with van der Waals surface area (Å²) >= 11 is 6.11. The summed E-state index contributed by atoms with van der Waals surface area (Å²) in [6.07, 6.45) is 0.513. The predicted molar refractivity (Wildman–Crippen MR) is 78.7 cm³/mol. The van der Waals surface area contributed by atoms with Crippen LogP contribution in [-0.4, -0.2) is 10.1 Å². The van der Waals surface area contributed by atoms with Crippen LogP contribution in [0.4, 0.5) is 0 Å². The molecule has 0 radical (unpaired) electrons. The molecule has 0 aliphatic carbocycles. The summed E-state index contributed by atoms with van der Waals surface area (Å²) in [6.45, 7) is 0. The maximum atomic E-state index is 8.78. The smallest absolute Gasteiger partial charge is 0.257 e. The van der Waals surface area contributed by atoms with Crippen molar-refractivity contribution in [3.8, 4) is 17.5 Å². The lowest BCUT2D eigenvalue weighted by molar-refractivity contribution is 0.424. The van der Waals surface area contributed by atoms with Gasteiger partial charge in [-0.05, 0) is 35.9 Å². The van der Waals surface area contributed by atoms with Gasteiger partial charge in [0, 0.05) is 17.0 Å². The van der Waals surface area contributed by atoms with Gasteiger partial charge in [-0.1, -0.05) is 35.0 Å². The molecule has 0 atom stereocenters. The van der Waals surface area contributed by atoms with Gasteiger partial charge in [0.25, 0.3) is 5.89 Å². The molecule has 0 aliphatic rings. The van der Waals surface area contributed by atoms with Gasteiger partial charge in [0.2, 0.25) is 0 Å². The van der Waals surface area contributed by atoms with Gasteiger partial charge in [-0.3, -0.25) is 0 Å². The number of halogens is 1. The minimum atomic E-state index is 0.432. The molecule has 0 saturated heterocycles. The molecule has 0 N–H and O–H groups in total. The molecule has 0 fully saturated rings. The van der Waals surface area contributed by atoms with Gasteiger partial charge in [-0.2, -0.15) is 10.2 Å². The molecule has 0 bridgehead atoms. The Bertz CT molecular complexity index is 803. The third kappa shape index (κ3) is 2.93. The molecule has 3 rings (SSSR count). The number of hydrogen-bond acceptors (Lipinski definition) is 4. The highest BCUT2D eigenvalue weighted by Gasteiger charge is 2.10. The Morgan fingerprint density at radius 2 is 1.86 bits per heavy atom. The van der Waals surface area contributed by atoms with Crippen LogP contribution >= 0.6 is 11.6 Å². The van der Waals surface area contributed by atoms with Crippen LogP contribution < -0.4 is 0 Å². The van der Waals surface area contributed by atoms with Crippen LogP contribution in [0.3, 0.4) is 0 Å². The van der Waals surface area contributed by atoms with E-state index in [0.29, 0.717) is 28.7 Å². The molecular weight excluding hydrogens is 286 g/mol. The van der Waals surface area contributed by atoms with E-state index in [-0.39, 0.29) is 0 Å². The lowest BCUT2D eigenvalue weighted by Gasteiger charge is -1.98. The zero-order valence-electron chi connectivity index (χ0n) is 11.0. The Kier molecular flexibility index (Phi) is 3.67. The third-order valence-electron chi connectivity index (χ3n) is 3.04. The minimum Gasteiger partial charge on any atom is -0.334 e. The topological polar surface area (TPSA) is 62.7 Å². The normalized spacial score (nSPS) is 10.3. The van der Waals surface area contributed by atoms with E-state index in [9.17, 15) is 0 Å². The van der Waals surface area contributed by atoms with Crippen molar-refractivity contribution in [2.45, 2.75) is 6.42 Å². The lowest BCUT2D eigenvalue weighted by Crippen LogP contribution is -1.91. The molecule has 21 heavy (non-hydrogen) atoms. The second kappa shape index (κ2) is 5.78. The molecule has 3 aromatic rings. The second-order valence-electron chi connectivity index (χ2n) is 4.47. The molecular formula is C16H10ClN3O. The largest absolute Gasteiger partial charge is 0.334 e. The predicted octanol–water partition coefficient (Wildman–Crippen LogP) is 3.85. The van der Waals surface area contributed by atoms with Gasteiger partial charge in [0.15, 0.2) is 5.82 Å². The van der Waals surface area contributed by atoms with Crippen LogP contribution in [0.1, 0.15) is 17.0 Å². The van der Waals surface area contributed by atoms with E-state index in [1.54, 1.807) is 24.3 Å². The van der Waals surface area contributed by atoms with Gasteiger partial charge in [0.05, 0.1) is 11.6 Å². The van der Waals surface area contributed by atoms with E-state index in [2.05, 4.69) is 16.2 Å². The zero-order chi connectivity index (χ0) is 14.7. The highest BCUT2D eigenvalue weighted by Crippen LogP contribution is 2.21. The molecule has 0 aliphatic heterocycles. The number of hydrogen-bond donors (Lipinski definition) is 0. The first-order valence-corrected chi connectivity index (χ1v) is 6.70. The molecule has 102 valence electrons. The van der Waals surface area contributed by atoms with Gasteiger partial charge in [-0.25, -0.2) is 0 Å². The van der Waals surface area contributed by atoms with E-state index in [0.717, 1.165) is 11.1 Å². The van der Waals surface area contributed by atoms with Crippen molar-refractivity contribution in [3.63, 3.8) is 0 Å². The average molecular weight is 296 g/mol. The SMILES string of the molecule is N#Cc1ccc(-c2nc(Cc3ccccc3Cl)no2)cc1. The number of nitrogens with zero attached hydrogens (tertiary/aromatic N) is 3. The fourth-order valence-electron chi connectivity index (χ4n) is 1.94. The number of rotatable bonds is 3. The summed E-state index contributed by atoms with van der Waals surface area (Å²) in [6, 6.07) is 16.6. The van der Waals surface area contributed by atoms with Crippen molar-refractivity contribution >= 4 is 11.6 Å². The van der Waals surface area contributed by atoms with Crippen molar-refractivity contribution in [1.29, 1.82) is 5.26 Å². The van der Waals surface area contributed by atoms with Gasteiger partial charge in [0.1, 0.15) is 0 Å². The molecule has 4 nitrogen and oxygen atoms in total. The second-order valence-corrected chi connectivity index (χ2v) is 4.88. The van der Waals surface area contributed by atoms with Crippen LogP contribution in [-0.2, 0) is 6.42 Å². The van der Waals surface area contributed by atoms with E-state index < -0.39 is 0 Å². The summed E-state index contributed by atoms with van der Waals surface area (Å²) in [7, 11) is 0. The molecule has 1 aromatic heterocycles. The van der Waals surface area contributed by atoms with E-state index in [1.165, 1.54) is 0 Å². The van der Waals surface area contributed by atoms with Crippen molar-refractivity contribution in [1.82, 2.24) is 10.1 Å². The fraction of sp³-hybridized carbons (Fsp3) is 0.0625. The first kappa shape index (κ1) is 13.3. The number of benzene rings is 2. The number of nitriles is 1. The van der Waals surface area contributed by atoms with Gasteiger partial charge in [-0.15, -0.1) is 0 Å². The Labute approximate surface area is 126 Å². The Morgan fingerprint density at radius 3 is 2.57 bits per heavy atom. The molecule has 5 heteroatoms. The van der Waals surface area contributed by atoms with E-state index >= 15 is 0 Å². The first-order valence-electron chi connectivity index (χ1n) is 6.33. The van der Waals surface area contributed by atoms with Crippen molar-refractivity contribution in [2.24, 2.45) is 0 Å². The van der Waals surface area contributed by atoms with Crippen LogP contribution in [0, 0.1) is 11.3 Å². The summed E-state index contributed by atoms with van der Waals surface area (Å²) in [5.74, 6) is 1.00. The standard InChI is InChI=1S/C16H10ClN3O/c17-14-4-2-1-3-13(14)9-15-19-16(21-20-15)12-7-5-11(10-18)6-8-12/h1-8H,9H2. The van der Waals surface area contributed by atoms with Gasteiger partial charge < -0.3 is 4.52 Å². The monoisotopic (exact) mass is 295 g/mol. The van der Waals surface area contributed by atoms with E-state index in [4.69, 9.17) is 21.4 Å². The summed E-state index contributed by atoms with van der Waals surface area (Å²) in [5.41, 5.74) is 2.33. The van der Waals surface area contributed by atoms with Crippen LogP contribution in [0.15, 0.2) is 53.1 Å². The maximum Gasteiger partial charge on any atom is 0.257 e. The Balaban J connectivity index is 1.83. The fourth-order valence-corrected chi connectivity index (χ4v) is 2.15. The molecule has 1 heterocycles. The summed E-state index contributed by atoms with van der Waals surface area (Å²) in [5, 5.41) is 13.4. The quantitative estimate of drug-likeness (QED) is 0.736. The summed E-state index contributed by atoms with van der Waals surface area (Å²) < 4.78 is 5.25. The average Bonchev–Trinajstić information content (AvgIpc) is 2.98. The van der Waals surface area contributed by atoms with Crippen molar-refractivity contribution in [3.05, 3.63) is 70.5 Å². The zero-order valence-corrected chi connectivity index (χ0v) is 11.7. The van der Waals surface area contributed by atoms with Gasteiger partial charge >= 0.3 is 0 Å². The van der Waals surface area contributed by atoms with Crippen LogP contribution in [0.2, 0.25) is 5.02 Å². The number of aromatic nitrogens is 2. The van der Waals surface area contributed by atoms with Crippen molar-refractivity contribution < 1.29 is 4.52 Å². The third-order valence-corrected chi connectivity index (χ3v) is 3.40. The molecule has 0 unspecified atom stereocenters. The molecule has 0 spiro atoms. The van der Waals surface area contributed by atoms with Crippen LogP contribution in [0.5, 0.6) is 0 Å². The van der Waals surface area contributed by atoms with Crippen LogP contribution in [0.25, 0.3) is 11.5 Å². The molecule has 2 aromatic carbocycles. The van der Waals surface area contributed by atoms with E-state index in [1.807, 2.05) is 24.3 Å². The molecule has 0 amide bonds. The minimum absolute atomic E-state index is 0.432. The first-order chi connectivity index (χ1) is 10.3. The molecule has 0 saturated carbocycles. The highest BCUT2D eigenvalue weighted by atomic mass is 35.5. The summed E-state index contributed by atoms with van der Waals surface area (Å²) in [4.78, 5) is 4.35. The van der Waals surface area contributed by atoms with Crippen molar-refractivity contribution in [2.75, 3.05) is 0 Å². The maximum absolute atomic E-state index is 8.78. The Morgan fingerprint density at radius 1 is 1.10 bits per heavy atom.